The number of hydrogen-bond acceptors (Lipinski definition) is 1. The van der Waals surface area contributed by atoms with E-state index in [-0.39, 0.29) is 0 Å². The van der Waals surface area contributed by atoms with Crippen molar-refractivity contribution in [3.8, 4) is 6.07 Å². The van der Waals surface area contributed by atoms with E-state index >= 15 is 0 Å². The molecular formula is C7H15NS. The number of rotatable bonds is 2. The Labute approximate surface area is 59.4 Å². The van der Waals surface area contributed by atoms with E-state index in [4.69, 9.17) is 5.26 Å². The zero-order valence-corrected chi connectivity index (χ0v) is 7.46. The Morgan fingerprint density at radius 3 is 2.00 bits per heavy atom. The molecule has 54 valence electrons. The summed E-state index contributed by atoms with van der Waals surface area (Å²) in [5.74, 6) is 0. The summed E-state index contributed by atoms with van der Waals surface area (Å²) < 4.78 is 0. The van der Waals surface area contributed by atoms with Crippen LogP contribution in [0.15, 0.2) is 0 Å². The van der Waals surface area contributed by atoms with Gasteiger partial charge in [0.25, 0.3) is 0 Å². The Hall–Kier alpha value is -0.160. The average Bonchev–Trinajstić information content (AvgIpc) is 1.64. The van der Waals surface area contributed by atoms with Crippen LogP contribution in [-0.4, -0.2) is 24.0 Å². The molecule has 0 spiro atoms. The molecule has 0 aliphatic rings. The first kappa shape index (κ1) is 8.84. The van der Waals surface area contributed by atoms with E-state index in [9.17, 15) is 0 Å². The Bertz CT molecular complexity index is 118. The highest BCUT2D eigenvalue weighted by atomic mass is 32.3. The summed E-state index contributed by atoms with van der Waals surface area (Å²) in [7, 11) is -0.487. The molecule has 0 radical (unpaired) electrons. The molecule has 1 nitrogen and oxygen atoms in total. The van der Waals surface area contributed by atoms with E-state index in [0.29, 0.717) is 11.7 Å². The zero-order chi connectivity index (χ0) is 7.49. The molecule has 0 amide bonds. The van der Waals surface area contributed by atoms with E-state index in [1.165, 1.54) is 0 Å². The molecule has 0 saturated heterocycles. The molecule has 0 aliphatic carbocycles. The van der Waals surface area contributed by atoms with Crippen LogP contribution in [0.5, 0.6) is 0 Å². The quantitative estimate of drug-likeness (QED) is 0.583. The van der Waals surface area contributed by atoms with Crippen molar-refractivity contribution in [1.82, 2.24) is 0 Å². The molecule has 9 heavy (non-hydrogen) atoms. The summed E-state index contributed by atoms with van der Waals surface area (Å²) in [4.78, 5) is 0. The summed E-state index contributed by atoms with van der Waals surface area (Å²) in [6.07, 6.45) is 7.44. The third-order valence-corrected chi connectivity index (χ3v) is 4.17. The predicted molar refractivity (Wildman–Crippen MR) is 45.1 cm³/mol. The van der Waals surface area contributed by atoms with Crippen LogP contribution in [0.3, 0.4) is 0 Å². The van der Waals surface area contributed by atoms with Crippen molar-refractivity contribution in [2.75, 3.05) is 18.8 Å². The molecule has 0 rings (SSSR count). The van der Waals surface area contributed by atoms with Gasteiger partial charge in [-0.1, -0.05) is 6.92 Å². The fourth-order valence-corrected chi connectivity index (χ4v) is 0.953. The van der Waals surface area contributed by atoms with Crippen LogP contribution in [-0.2, 0) is 0 Å². The van der Waals surface area contributed by atoms with Gasteiger partial charge in [0, 0.05) is 6.42 Å². The average molecular weight is 145 g/mol. The van der Waals surface area contributed by atoms with Crippen molar-refractivity contribution in [2.45, 2.75) is 18.6 Å². The van der Waals surface area contributed by atoms with Crippen LogP contribution in [0.25, 0.3) is 0 Å². The van der Waals surface area contributed by atoms with Gasteiger partial charge in [0.15, 0.2) is 0 Å². The van der Waals surface area contributed by atoms with Crippen molar-refractivity contribution >= 4 is 10.0 Å². The van der Waals surface area contributed by atoms with Gasteiger partial charge in [-0.2, -0.15) is 5.26 Å². The molecule has 0 fully saturated rings. The van der Waals surface area contributed by atoms with Gasteiger partial charge in [0.05, 0.1) is 6.07 Å². The monoisotopic (exact) mass is 145 g/mol. The Morgan fingerprint density at radius 2 is 1.89 bits per heavy atom. The minimum absolute atomic E-state index is 0.487. The summed E-state index contributed by atoms with van der Waals surface area (Å²) >= 11 is 0. The molecule has 2 heteroatoms. The van der Waals surface area contributed by atoms with Gasteiger partial charge >= 0.3 is 0 Å². The number of hydrogen-bond donors (Lipinski definition) is 0. The lowest BCUT2D eigenvalue weighted by Crippen LogP contribution is -2.09. The van der Waals surface area contributed by atoms with E-state index in [1.807, 2.05) is 0 Å². The van der Waals surface area contributed by atoms with Crippen molar-refractivity contribution in [3.63, 3.8) is 0 Å². The molecule has 0 heterocycles. The van der Waals surface area contributed by atoms with Gasteiger partial charge in [-0.05, 0) is 24.0 Å². The molecule has 0 aromatic carbocycles. The number of nitrogens with zero attached hydrogens (tertiary/aromatic N) is 1. The summed E-state index contributed by atoms with van der Waals surface area (Å²) in [5, 5.41) is 8.95. The number of nitriles is 1. The highest BCUT2D eigenvalue weighted by molar-refractivity contribution is 8.32. The molecular weight excluding hydrogens is 130 g/mol. The molecule has 0 bridgehead atoms. The van der Waals surface area contributed by atoms with E-state index < -0.39 is 10.0 Å². The smallest absolute Gasteiger partial charge is 0.0632 e. The largest absolute Gasteiger partial charge is 0.246 e. The lowest BCUT2D eigenvalue weighted by atomic mass is 10.4. The first-order valence-electron chi connectivity index (χ1n) is 3.02. The molecule has 1 unspecified atom stereocenters. The Balaban J connectivity index is 3.76. The molecule has 0 aromatic heterocycles. The van der Waals surface area contributed by atoms with Crippen LogP contribution in [0.1, 0.15) is 13.3 Å². The van der Waals surface area contributed by atoms with Crippen molar-refractivity contribution < 1.29 is 0 Å². The van der Waals surface area contributed by atoms with Crippen LogP contribution in [0.2, 0.25) is 0 Å². The summed E-state index contributed by atoms with van der Waals surface area (Å²) in [6.45, 7) is 2.15. The molecule has 1 atom stereocenters. The maximum atomic E-state index is 8.36. The highest BCUT2D eigenvalue weighted by Crippen LogP contribution is 2.41. The predicted octanol–water partition coefficient (Wildman–Crippen LogP) is 1.98. The second kappa shape index (κ2) is 3.12. The van der Waals surface area contributed by atoms with E-state index in [0.717, 1.165) is 0 Å². The lowest BCUT2D eigenvalue weighted by Gasteiger charge is -2.31. The van der Waals surface area contributed by atoms with Gasteiger partial charge in [0.1, 0.15) is 0 Å². The fourth-order valence-electron chi connectivity index (χ4n) is 0.379. The maximum Gasteiger partial charge on any atom is 0.0632 e. The van der Waals surface area contributed by atoms with Gasteiger partial charge in [-0.3, -0.25) is 0 Å². The third kappa shape index (κ3) is 3.42. The van der Waals surface area contributed by atoms with Gasteiger partial charge in [-0.25, -0.2) is 10.0 Å². The standard InChI is InChI=1S/C7H15NS/c1-7(5-6-8)9(2,3)4/h7H,5H2,1-4H3. The lowest BCUT2D eigenvalue weighted by molar-refractivity contribution is 0.979. The second-order valence-corrected chi connectivity index (χ2v) is 7.77. The Kier molecular flexibility index (Phi) is 3.07. The minimum atomic E-state index is -0.487. The topological polar surface area (TPSA) is 23.8 Å². The van der Waals surface area contributed by atoms with Crippen LogP contribution >= 0.6 is 10.0 Å². The van der Waals surface area contributed by atoms with Crippen LogP contribution in [0.4, 0.5) is 0 Å². The maximum absolute atomic E-state index is 8.36. The summed E-state index contributed by atoms with van der Waals surface area (Å²) in [5.41, 5.74) is 0. The van der Waals surface area contributed by atoms with E-state index in [2.05, 4.69) is 31.8 Å². The molecule has 0 aliphatic heterocycles. The molecule has 0 N–H and O–H groups in total. The fraction of sp³-hybridized carbons (Fsp3) is 0.857. The second-order valence-electron chi connectivity index (χ2n) is 3.10. The first-order chi connectivity index (χ1) is 3.98. The van der Waals surface area contributed by atoms with Crippen molar-refractivity contribution in [1.29, 1.82) is 5.26 Å². The zero-order valence-electron chi connectivity index (χ0n) is 6.64. The normalized spacial score (nSPS) is 16.3. The van der Waals surface area contributed by atoms with Gasteiger partial charge < -0.3 is 0 Å². The highest BCUT2D eigenvalue weighted by Gasteiger charge is 2.13. The summed E-state index contributed by atoms with van der Waals surface area (Å²) in [6, 6.07) is 2.19. The minimum Gasteiger partial charge on any atom is -0.246 e. The van der Waals surface area contributed by atoms with Crippen molar-refractivity contribution in [2.24, 2.45) is 0 Å². The van der Waals surface area contributed by atoms with Crippen molar-refractivity contribution in [3.05, 3.63) is 0 Å². The van der Waals surface area contributed by atoms with Gasteiger partial charge in [0.2, 0.25) is 0 Å². The Morgan fingerprint density at radius 1 is 1.44 bits per heavy atom. The van der Waals surface area contributed by atoms with Crippen LogP contribution in [0, 0.1) is 11.3 Å². The van der Waals surface area contributed by atoms with Crippen LogP contribution < -0.4 is 0 Å². The van der Waals surface area contributed by atoms with E-state index in [1.54, 1.807) is 0 Å². The first-order valence-corrected chi connectivity index (χ1v) is 5.94. The molecule has 0 aromatic rings. The van der Waals surface area contributed by atoms with Gasteiger partial charge in [-0.15, -0.1) is 0 Å². The molecule has 0 saturated carbocycles. The third-order valence-electron chi connectivity index (χ3n) is 1.59. The SMILES string of the molecule is CC(CC#N)S(C)(C)C.